The number of hydrogen-bond acceptors (Lipinski definition) is 2. The highest BCUT2D eigenvalue weighted by atomic mass is 15.1. The van der Waals surface area contributed by atoms with Gasteiger partial charge in [-0.25, -0.2) is 0 Å². The molecule has 0 N–H and O–H groups in total. The molecule has 0 bridgehead atoms. The first-order valence-electron chi connectivity index (χ1n) is 39.3. The summed E-state index contributed by atoms with van der Waals surface area (Å²) in [5.74, 6) is 0. The van der Waals surface area contributed by atoms with Gasteiger partial charge in [-0.2, -0.15) is 0 Å². The second-order valence-corrected chi connectivity index (χ2v) is 29.9. The number of anilines is 6. The fraction of sp³-hybridized carbons (Fsp3) is 0. The highest BCUT2D eigenvalue weighted by Crippen LogP contribution is 2.47. The van der Waals surface area contributed by atoms with Crippen LogP contribution in [0.5, 0.6) is 0 Å². The smallest absolute Gasteiger partial charge is 0.0541 e. The first kappa shape index (κ1) is 65.9. The van der Waals surface area contributed by atoms with E-state index in [1.165, 1.54) is 169 Å². The van der Waals surface area contributed by atoms with Gasteiger partial charge in [-0.3, -0.25) is 0 Å². The minimum absolute atomic E-state index is 1.10. The van der Waals surface area contributed by atoms with Crippen molar-refractivity contribution in [2.24, 2.45) is 0 Å². The molecule has 0 aliphatic carbocycles. The zero-order valence-corrected chi connectivity index (χ0v) is 62.4. The Kier molecular flexibility index (Phi) is 15.9. The average Bonchev–Trinajstić information content (AvgIpc) is 1.37. The van der Waals surface area contributed by atoms with Crippen LogP contribution in [0.4, 0.5) is 34.1 Å². The number of benzene rings is 21. The van der Waals surface area contributed by atoms with Crippen LogP contribution in [0.25, 0.3) is 175 Å². The van der Waals surface area contributed by atoms with E-state index < -0.39 is 0 Å². The Morgan fingerprint density at radius 2 is 0.386 bits per heavy atom. The molecule has 0 aliphatic rings. The Bertz CT molecular complexity index is 7640. The van der Waals surface area contributed by atoms with Crippen molar-refractivity contribution >= 4 is 164 Å². The SMILES string of the molecule is c1ccc(-c2ccc3c(c2)c2cc(-c4ccc(N(c5ccc6ccccc6c5)c5ccc6c7ccccc7c7ccccc7c6c5)cc4)ccc2n3-c2ccccc2)cc1.c1ccc(-n2c3ccccc3c3cc(-c4ccc(N(c5ccc6ccccc6c5)c5ccc6c7ccccc7c7ccccc7c6c5)cc4)ccc32)cc1. The second-order valence-electron chi connectivity index (χ2n) is 29.9. The van der Waals surface area contributed by atoms with E-state index in [1.54, 1.807) is 0 Å². The standard InChI is InChI=1S/C58H38N2.C52H34N2/c1-3-13-39(14-4-1)43-26-33-57-55(36-43)56-37-44(27-34-58(56)60(57)45-17-5-2-6-18-45)41-23-28-46(29-24-41)59(47-30-25-40-15-7-8-16-42(40)35-47)48-31-32-53-51-21-10-9-19-49(51)50-20-11-12-22-52(50)54(53)38-48;1-2-14-39(15-3-1)54-51-21-11-10-20-48(51)50-33-38(25-31-52(50)54)36-22-26-40(27-23-36)53(41-28-24-35-12-4-5-13-37(35)32-41)42-29-30-47-45-18-7-6-16-43(45)44-17-8-9-19-46(44)49(47)34-42/h1-38H;1-34H. The fourth-order valence-corrected chi connectivity index (χ4v) is 18.1. The maximum Gasteiger partial charge on any atom is 0.0541 e. The first-order valence-corrected chi connectivity index (χ1v) is 39.3. The Hall–Kier alpha value is -15.1. The molecular formula is C110H72N4. The number of rotatable bonds is 11. The first-order chi connectivity index (χ1) is 56.5. The highest BCUT2D eigenvalue weighted by molar-refractivity contribution is 6.27. The van der Waals surface area contributed by atoms with Crippen LogP contribution in [-0.2, 0) is 0 Å². The van der Waals surface area contributed by atoms with Crippen LogP contribution in [0, 0.1) is 0 Å². The van der Waals surface area contributed by atoms with Crippen LogP contribution in [0.15, 0.2) is 437 Å². The van der Waals surface area contributed by atoms with Crippen molar-refractivity contribution in [3.63, 3.8) is 0 Å². The molecule has 23 rings (SSSR count). The fourth-order valence-electron chi connectivity index (χ4n) is 18.1. The molecule has 114 heavy (non-hydrogen) atoms. The quantitative estimate of drug-likeness (QED) is 0.120. The largest absolute Gasteiger partial charge is 0.310 e. The van der Waals surface area contributed by atoms with Gasteiger partial charge >= 0.3 is 0 Å². The molecule has 0 fully saturated rings. The molecule has 21 aromatic carbocycles. The van der Waals surface area contributed by atoms with Crippen molar-refractivity contribution in [1.82, 2.24) is 9.13 Å². The summed E-state index contributed by atoms with van der Waals surface area (Å²) in [6, 6.07) is 160. The Labute approximate surface area is 660 Å². The third kappa shape index (κ3) is 11.3. The topological polar surface area (TPSA) is 16.3 Å². The van der Waals surface area contributed by atoms with Crippen molar-refractivity contribution in [3.05, 3.63) is 437 Å². The molecule has 0 aliphatic heterocycles. The van der Waals surface area contributed by atoms with Gasteiger partial charge in [0.05, 0.1) is 22.1 Å². The van der Waals surface area contributed by atoms with Crippen molar-refractivity contribution < 1.29 is 0 Å². The molecule has 0 saturated carbocycles. The summed E-state index contributed by atoms with van der Waals surface area (Å²) < 4.78 is 4.76. The van der Waals surface area contributed by atoms with Gasteiger partial charge in [0.15, 0.2) is 0 Å². The molecule has 2 aromatic heterocycles. The van der Waals surface area contributed by atoms with Crippen LogP contribution in [0.1, 0.15) is 0 Å². The van der Waals surface area contributed by atoms with E-state index in [0.717, 1.165) is 39.8 Å². The van der Waals surface area contributed by atoms with Gasteiger partial charge in [0.2, 0.25) is 0 Å². The van der Waals surface area contributed by atoms with Gasteiger partial charge in [0, 0.05) is 67.0 Å². The van der Waals surface area contributed by atoms with Gasteiger partial charge in [0.1, 0.15) is 0 Å². The lowest BCUT2D eigenvalue weighted by Crippen LogP contribution is -2.10. The molecule has 0 atom stereocenters. The molecular weight excluding hydrogens is 1380 g/mol. The van der Waals surface area contributed by atoms with E-state index in [-0.39, 0.29) is 0 Å². The summed E-state index contributed by atoms with van der Waals surface area (Å²) in [6.45, 7) is 0. The number of fused-ring (bicyclic) bond motifs is 20. The molecule has 23 aromatic rings. The molecule has 4 nitrogen and oxygen atoms in total. The third-order valence-electron chi connectivity index (χ3n) is 23.4. The van der Waals surface area contributed by atoms with Gasteiger partial charge in [0.25, 0.3) is 0 Å². The number of para-hydroxylation sites is 3. The Balaban J connectivity index is 0.000000140. The second kappa shape index (κ2) is 27.5. The molecule has 0 unspecified atom stereocenters. The minimum atomic E-state index is 1.10. The van der Waals surface area contributed by atoms with Crippen LogP contribution in [-0.4, -0.2) is 9.13 Å². The molecule has 0 radical (unpaired) electrons. The van der Waals surface area contributed by atoms with Crippen LogP contribution < -0.4 is 9.80 Å². The van der Waals surface area contributed by atoms with E-state index in [9.17, 15) is 0 Å². The maximum atomic E-state index is 2.40. The predicted molar refractivity (Wildman–Crippen MR) is 487 cm³/mol. The van der Waals surface area contributed by atoms with Crippen molar-refractivity contribution in [2.75, 3.05) is 9.80 Å². The summed E-state index contributed by atoms with van der Waals surface area (Å²) in [7, 11) is 0. The van der Waals surface area contributed by atoms with E-state index in [2.05, 4.69) is 456 Å². The summed E-state index contributed by atoms with van der Waals surface area (Å²) in [5.41, 5.74) is 21.0. The number of nitrogens with zero attached hydrogens (tertiary/aromatic N) is 4. The molecule has 4 heteroatoms. The molecule has 532 valence electrons. The monoisotopic (exact) mass is 1450 g/mol. The van der Waals surface area contributed by atoms with Gasteiger partial charge in [-0.15, -0.1) is 0 Å². The molecule has 0 spiro atoms. The lowest BCUT2D eigenvalue weighted by molar-refractivity contribution is 1.18. The molecule has 0 amide bonds. The van der Waals surface area contributed by atoms with Crippen LogP contribution in [0.3, 0.4) is 0 Å². The zero-order chi connectivity index (χ0) is 75.2. The summed E-state index contributed by atoms with van der Waals surface area (Å²) >= 11 is 0. The lowest BCUT2D eigenvalue weighted by Gasteiger charge is -2.27. The number of hydrogen-bond donors (Lipinski definition) is 0. The predicted octanol–water partition coefficient (Wildman–Crippen LogP) is 30.7. The zero-order valence-electron chi connectivity index (χ0n) is 62.4. The summed E-state index contributed by atoms with van der Waals surface area (Å²) in [4.78, 5) is 4.80. The third-order valence-corrected chi connectivity index (χ3v) is 23.4. The van der Waals surface area contributed by atoms with E-state index in [1.807, 2.05) is 0 Å². The summed E-state index contributed by atoms with van der Waals surface area (Å²) in [6.07, 6.45) is 0. The summed E-state index contributed by atoms with van der Waals surface area (Å²) in [5, 5.41) is 25.2. The van der Waals surface area contributed by atoms with Crippen molar-refractivity contribution in [1.29, 1.82) is 0 Å². The van der Waals surface area contributed by atoms with Gasteiger partial charge in [-0.05, 0) is 259 Å². The Morgan fingerprint density at radius 3 is 0.772 bits per heavy atom. The van der Waals surface area contributed by atoms with Gasteiger partial charge < -0.3 is 18.9 Å². The minimum Gasteiger partial charge on any atom is -0.310 e. The Morgan fingerprint density at radius 1 is 0.132 bits per heavy atom. The normalized spacial score (nSPS) is 11.7. The van der Waals surface area contributed by atoms with E-state index in [4.69, 9.17) is 0 Å². The maximum absolute atomic E-state index is 2.40. The van der Waals surface area contributed by atoms with Crippen LogP contribution >= 0.6 is 0 Å². The van der Waals surface area contributed by atoms with E-state index >= 15 is 0 Å². The van der Waals surface area contributed by atoms with Crippen molar-refractivity contribution in [2.45, 2.75) is 0 Å². The average molecular weight is 1450 g/mol. The van der Waals surface area contributed by atoms with E-state index in [0.29, 0.717) is 0 Å². The molecule has 0 saturated heterocycles. The molecule has 2 heterocycles. The van der Waals surface area contributed by atoms with Gasteiger partial charge in [-0.1, -0.05) is 297 Å². The van der Waals surface area contributed by atoms with Crippen molar-refractivity contribution in [3.8, 4) is 44.8 Å². The van der Waals surface area contributed by atoms with Crippen LogP contribution in [0.2, 0.25) is 0 Å². The lowest BCUT2D eigenvalue weighted by atomic mass is 9.94. The highest BCUT2D eigenvalue weighted by Gasteiger charge is 2.22. The number of aromatic nitrogens is 2.